The first kappa shape index (κ1) is 13.4. The highest BCUT2D eigenvalue weighted by Gasteiger charge is 2.25. The Balaban J connectivity index is 1.63. The highest BCUT2D eigenvalue weighted by atomic mass is 16.5. The fraction of sp³-hybridized carbons (Fsp3) is 0.625. The van der Waals surface area contributed by atoms with Gasteiger partial charge >= 0.3 is 0 Å². The van der Waals surface area contributed by atoms with Gasteiger partial charge in [-0.2, -0.15) is 0 Å². The first-order valence-electron chi connectivity index (χ1n) is 7.31. The van der Waals surface area contributed by atoms with Gasteiger partial charge in [0.1, 0.15) is 5.75 Å². The Kier molecular flexibility index (Phi) is 5.53. The average Bonchev–Trinajstić information content (AvgIpc) is 2.84. The summed E-state index contributed by atoms with van der Waals surface area (Å²) in [6, 6.07) is 10.9. The minimum Gasteiger partial charge on any atom is -0.494 e. The van der Waals surface area contributed by atoms with Crippen molar-refractivity contribution in [2.24, 2.45) is 5.92 Å². The summed E-state index contributed by atoms with van der Waals surface area (Å²) < 4.78 is 5.74. The molecule has 0 aliphatic heterocycles. The summed E-state index contributed by atoms with van der Waals surface area (Å²) in [5.41, 5.74) is 0. The Morgan fingerprint density at radius 3 is 2.83 bits per heavy atom. The summed E-state index contributed by atoms with van der Waals surface area (Å²) in [7, 11) is 0. The van der Waals surface area contributed by atoms with E-state index in [0.717, 1.165) is 30.9 Å². The van der Waals surface area contributed by atoms with Crippen LogP contribution in [0.15, 0.2) is 30.3 Å². The molecule has 0 amide bonds. The second-order valence-electron chi connectivity index (χ2n) is 5.16. The van der Waals surface area contributed by atoms with E-state index in [2.05, 4.69) is 12.2 Å². The summed E-state index contributed by atoms with van der Waals surface area (Å²) in [6.45, 7) is 4.15. The van der Waals surface area contributed by atoms with E-state index in [0.29, 0.717) is 0 Å². The lowest BCUT2D eigenvalue weighted by Crippen LogP contribution is -2.32. The third-order valence-electron chi connectivity index (χ3n) is 3.86. The molecule has 2 nitrogen and oxygen atoms in total. The molecule has 1 aromatic carbocycles. The van der Waals surface area contributed by atoms with Crippen LogP contribution in [0, 0.1) is 5.92 Å². The Morgan fingerprint density at radius 2 is 2.06 bits per heavy atom. The Labute approximate surface area is 111 Å². The van der Waals surface area contributed by atoms with Crippen molar-refractivity contribution in [1.82, 2.24) is 5.32 Å². The number of ether oxygens (including phenoxy) is 1. The third kappa shape index (κ3) is 4.02. The van der Waals surface area contributed by atoms with Crippen molar-refractivity contribution in [3.05, 3.63) is 30.3 Å². The molecule has 1 saturated carbocycles. The van der Waals surface area contributed by atoms with Gasteiger partial charge in [-0.3, -0.25) is 0 Å². The van der Waals surface area contributed by atoms with Gasteiger partial charge in [0.15, 0.2) is 0 Å². The first-order chi connectivity index (χ1) is 8.90. The van der Waals surface area contributed by atoms with Gasteiger partial charge in [-0.15, -0.1) is 0 Å². The summed E-state index contributed by atoms with van der Waals surface area (Å²) in [6.07, 6.45) is 6.61. The van der Waals surface area contributed by atoms with Crippen LogP contribution in [0.2, 0.25) is 0 Å². The van der Waals surface area contributed by atoms with E-state index < -0.39 is 0 Å². The molecule has 0 spiro atoms. The maximum absolute atomic E-state index is 5.74. The molecular formula is C16H25NO. The van der Waals surface area contributed by atoms with Gasteiger partial charge in [0.2, 0.25) is 0 Å². The zero-order valence-electron chi connectivity index (χ0n) is 11.4. The molecule has 0 saturated heterocycles. The second-order valence-corrected chi connectivity index (χ2v) is 5.16. The highest BCUT2D eigenvalue weighted by Crippen LogP contribution is 2.29. The van der Waals surface area contributed by atoms with Crippen LogP contribution in [0.3, 0.4) is 0 Å². The lowest BCUT2D eigenvalue weighted by Gasteiger charge is -2.20. The van der Waals surface area contributed by atoms with E-state index in [-0.39, 0.29) is 0 Å². The number of benzene rings is 1. The smallest absolute Gasteiger partial charge is 0.119 e. The van der Waals surface area contributed by atoms with Gasteiger partial charge in [-0.05, 0) is 50.3 Å². The Hall–Kier alpha value is -1.02. The molecular weight excluding hydrogens is 222 g/mol. The maximum Gasteiger partial charge on any atom is 0.119 e. The number of para-hydroxylation sites is 1. The number of hydrogen-bond donors (Lipinski definition) is 1. The largest absolute Gasteiger partial charge is 0.494 e. The molecule has 1 N–H and O–H groups in total. The van der Waals surface area contributed by atoms with Crippen molar-refractivity contribution in [3.8, 4) is 5.75 Å². The summed E-state index contributed by atoms with van der Waals surface area (Å²) in [5.74, 6) is 1.86. The van der Waals surface area contributed by atoms with Gasteiger partial charge < -0.3 is 10.1 Å². The molecule has 0 heterocycles. The number of hydrogen-bond acceptors (Lipinski definition) is 2. The van der Waals surface area contributed by atoms with E-state index in [1.54, 1.807) is 0 Å². The molecule has 18 heavy (non-hydrogen) atoms. The fourth-order valence-electron chi connectivity index (χ4n) is 2.97. The summed E-state index contributed by atoms with van der Waals surface area (Å²) >= 11 is 0. The molecule has 2 atom stereocenters. The van der Waals surface area contributed by atoms with E-state index in [1.165, 1.54) is 32.1 Å². The van der Waals surface area contributed by atoms with Crippen molar-refractivity contribution in [1.29, 1.82) is 0 Å². The monoisotopic (exact) mass is 247 g/mol. The molecule has 1 aromatic rings. The fourth-order valence-corrected chi connectivity index (χ4v) is 2.97. The van der Waals surface area contributed by atoms with Crippen molar-refractivity contribution in [2.45, 2.75) is 45.1 Å². The highest BCUT2D eigenvalue weighted by molar-refractivity contribution is 5.20. The van der Waals surface area contributed by atoms with Gasteiger partial charge in [0, 0.05) is 6.04 Å². The Bertz CT molecular complexity index is 325. The van der Waals surface area contributed by atoms with Crippen LogP contribution in [0.25, 0.3) is 0 Å². The van der Waals surface area contributed by atoms with Crippen LogP contribution in [-0.4, -0.2) is 19.2 Å². The molecule has 1 aliphatic carbocycles. The molecule has 0 bridgehead atoms. The van der Waals surface area contributed by atoms with E-state index in [9.17, 15) is 0 Å². The van der Waals surface area contributed by atoms with Crippen LogP contribution in [0.4, 0.5) is 0 Å². The van der Waals surface area contributed by atoms with Gasteiger partial charge in [-0.1, -0.05) is 31.5 Å². The third-order valence-corrected chi connectivity index (χ3v) is 3.86. The van der Waals surface area contributed by atoms with Crippen LogP contribution in [0.5, 0.6) is 5.75 Å². The van der Waals surface area contributed by atoms with E-state index in [1.807, 2.05) is 30.3 Å². The second kappa shape index (κ2) is 7.42. The molecule has 2 unspecified atom stereocenters. The summed E-state index contributed by atoms with van der Waals surface area (Å²) in [4.78, 5) is 0. The maximum atomic E-state index is 5.74. The topological polar surface area (TPSA) is 21.3 Å². The minimum atomic E-state index is 0.756. The number of rotatable bonds is 7. The molecule has 100 valence electrons. The van der Waals surface area contributed by atoms with E-state index in [4.69, 9.17) is 4.74 Å². The minimum absolute atomic E-state index is 0.756. The lowest BCUT2D eigenvalue weighted by molar-refractivity contribution is 0.281. The number of nitrogens with one attached hydrogen (secondary N) is 1. The van der Waals surface area contributed by atoms with Crippen molar-refractivity contribution in [2.75, 3.05) is 13.2 Å². The van der Waals surface area contributed by atoms with Crippen LogP contribution in [0.1, 0.15) is 39.0 Å². The zero-order valence-corrected chi connectivity index (χ0v) is 11.4. The first-order valence-corrected chi connectivity index (χ1v) is 7.31. The molecule has 2 heteroatoms. The van der Waals surface area contributed by atoms with E-state index >= 15 is 0 Å². The van der Waals surface area contributed by atoms with Gasteiger partial charge in [0.05, 0.1) is 6.61 Å². The van der Waals surface area contributed by atoms with Gasteiger partial charge in [0.25, 0.3) is 0 Å². The molecule has 0 radical (unpaired) electrons. The average molecular weight is 247 g/mol. The van der Waals surface area contributed by atoms with Crippen molar-refractivity contribution >= 4 is 0 Å². The van der Waals surface area contributed by atoms with Crippen LogP contribution >= 0.6 is 0 Å². The molecule has 1 fully saturated rings. The normalized spacial score (nSPS) is 23.2. The molecule has 0 aromatic heterocycles. The predicted octanol–water partition coefficient (Wildman–Crippen LogP) is 3.62. The standard InChI is InChI=1S/C16H25NO/c1-2-17-16-12-6-8-14(16)9-7-13-18-15-10-4-3-5-11-15/h3-5,10-11,14,16-17H,2,6-9,12-13H2,1H3. The predicted molar refractivity (Wildman–Crippen MR) is 76.0 cm³/mol. The van der Waals surface area contributed by atoms with Crippen molar-refractivity contribution < 1.29 is 4.74 Å². The molecule has 1 aliphatic rings. The molecule has 2 rings (SSSR count). The SMILES string of the molecule is CCNC1CCCC1CCCOc1ccccc1. The van der Waals surface area contributed by atoms with Crippen LogP contribution < -0.4 is 10.1 Å². The van der Waals surface area contributed by atoms with Crippen molar-refractivity contribution in [3.63, 3.8) is 0 Å². The lowest BCUT2D eigenvalue weighted by atomic mass is 9.98. The summed E-state index contributed by atoms with van der Waals surface area (Å²) in [5, 5.41) is 3.61. The van der Waals surface area contributed by atoms with Gasteiger partial charge in [-0.25, -0.2) is 0 Å². The Morgan fingerprint density at radius 1 is 1.22 bits per heavy atom. The quantitative estimate of drug-likeness (QED) is 0.743. The van der Waals surface area contributed by atoms with Crippen LogP contribution in [-0.2, 0) is 0 Å². The zero-order chi connectivity index (χ0) is 12.6.